The normalized spacial score (nSPS) is 17.4. The second-order valence-corrected chi connectivity index (χ2v) is 6.00. The van der Waals surface area contributed by atoms with Crippen LogP contribution in [0.1, 0.15) is 25.3 Å². The predicted molar refractivity (Wildman–Crippen MR) is 87.7 cm³/mol. The summed E-state index contributed by atoms with van der Waals surface area (Å²) in [5.74, 6) is 0. The van der Waals surface area contributed by atoms with E-state index >= 15 is 0 Å². The molecule has 0 saturated carbocycles. The van der Waals surface area contributed by atoms with Crippen LogP contribution in [0.3, 0.4) is 0 Å². The first kappa shape index (κ1) is 15.6. The summed E-state index contributed by atoms with van der Waals surface area (Å²) in [6, 6.07) is 6.98. The Kier molecular flexibility index (Phi) is 5.70. The molecule has 1 aromatic rings. The minimum absolute atomic E-state index is 0.620. The van der Waals surface area contributed by atoms with E-state index in [4.69, 9.17) is 17.3 Å². The number of hydrogen-bond donors (Lipinski definition) is 1. The summed E-state index contributed by atoms with van der Waals surface area (Å²) in [5.41, 5.74) is 7.96. The molecule has 20 heavy (non-hydrogen) atoms. The van der Waals surface area contributed by atoms with Crippen molar-refractivity contribution in [1.29, 1.82) is 0 Å². The van der Waals surface area contributed by atoms with Gasteiger partial charge in [-0.3, -0.25) is 0 Å². The van der Waals surface area contributed by atoms with Gasteiger partial charge in [-0.2, -0.15) is 0 Å². The van der Waals surface area contributed by atoms with Gasteiger partial charge < -0.3 is 15.5 Å². The molecule has 1 aliphatic rings. The summed E-state index contributed by atoms with van der Waals surface area (Å²) >= 11 is 6.35. The lowest BCUT2D eigenvalue weighted by molar-refractivity contribution is 0.221. The van der Waals surface area contributed by atoms with Crippen molar-refractivity contribution in [3.63, 3.8) is 0 Å². The number of nitrogens with two attached hydrogens (primary N) is 1. The number of hydrogen-bond acceptors (Lipinski definition) is 3. The number of rotatable bonds is 5. The number of nitrogens with zero attached hydrogens (tertiary/aromatic N) is 2. The molecule has 1 aromatic carbocycles. The van der Waals surface area contributed by atoms with Gasteiger partial charge in [0, 0.05) is 36.9 Å². The van der Waals surface area contributed by atoms with E-state index in [2.05, 4.69) is 42.0 Å². The Hall–Kier alpha value is -0.770. The van der Waals surface area contributed by atoms with Gasteiger partial charge in [0.2, 0.25) is 0 Å². The van der Waals surface area contributed by atoms with E-state index in [1.54, 1.807) is 0 Å². The van der Waals surface area contributed by atoms with Crippen LogP contribution in [0.5, 0.6) is 0 Å². The lowest BCUT2D eigenvalue weighted by Crippen LogP contribution is -2.43. The van der Waals surface area contributed by atoms with Crippen molar-refractivity contribution in [2.75, 3.05) is 38.1 Å². The maximum atomic E-state index is 6.35. The minimum Gasteiger partial charge on any atom is -0.371 e. The molecule has 2 N–H and O–H groups in total. The number of piperidine rings is 1. The number of likely N-dealkylation sites (tertiary alicyclic amines) is 1. The van der Waals surface area contributed by atoms with Gasteiger partial charge in [-0.15, -0.1) is 0 Å². The molecule has 1 aliphatic heterocycles. The van der Waals surface area contributed by atoms with Crippen LogP contribution in [0, 0.1) is 0 Å². The lowest BCUT2D eigenvalue weighted by atomic mass is 10.0. The smallest absolute Gasteiger partial charge is 0.0459 e. The molecule has 3 nitrogen and oxygen atoms in total. The van der Waals surface area contributed by atoms with Gasteiger partial charge in [0.15, 0.2) is 0 Å². The quantitative estimate of drug-likeness (QED) is 0.907. The van der Waals surface area contributed by atoms with Gasteiger partial charge in [-0.05, 0) is 50.0 Å². The number of benzene rings is 1. The van der Waals surface area contributed by atoms with Crippen molar-refractivity contribution in [1.82, 2.24) is 4.90 Å². The van der Waals surface area contributed by atoms with Gasteiger partial charge in [-0.1, -0.05) is 24.6 Å². The molecule has 1 heterocycles. The second kappa shape index (κ2) is 7.30. The molecule has 0 aromatic heterocycles. The van der Waals surface area contributed by atoms with Crippen molar-refractivity contribution in [2.24, 2.45) is 5.73 Å². The molecular formula is C16H26ClN3. The zero-order chi connectivity index (χ0) is 14.5. The van der Waals surface area contributed by atoms with Crippen molar-refractivity contribution in [3.05, 3.63) is 28.8 Å². The molecule has 0 unspecified atom stereocenters. The van der Waals surface area contributed by atoms with Gasteiger partial charge in [0.05, 0.1) is 0 Å². The zero-order valence-electron chi connectivity index (χ0n) is 12.6. The molecule has 0 amide bonds. The van der Waals surface area contributed by atoms with E-state index in [0.29, 0.717) is 12.6 Å². The lowest BCUT2D eigenvalue weighted by Gasteiger charge is -2.37. The third kappa shape index (κ3) is 3.66. The first-order chi connectivity index (χ1) is 9.65. The van der Waals surface area contributed by atoms with Crippen molar-refractivity contribution in [3.8, 4) is 0 Å². The Balaban J connectivity index is 2.02. The van der Waals surface area contributed by atoms with Gasteiger partial charge in [0.25, 0.3) is 0 Å². The van der Waals surface area contributed by atoms with Gasteiger partial charge in [0.1, 0.15) is 0 Å². The molecule has 0 spiro atoms. The van der Waals surface area contributed by atoms with Crippen LogP contribution in [-0.2, 0) is 6.42 Å². The third-order valence-electron chi connectivity index (χ3n) is 4.41. The van der Waals surface area contributed by atoms with E-state index in [1.807, 2.05) is 0 Å². The fraction of sp³-hybridized carbons (Fsp3) is 0.625. The van der Waals surface area contributed by atoms with E-state index in [0.717, 1.165) is 23.6 Å². The minimum atomic E-state index is 0.620. The van der Waals surface area contributed by atoms with Gasteiger partial charge >= 0.3 is 0 Å². The molecule has 4 heteroatoms. The molecule has 2 rings (SSSR count). The molecule has 0 aliphatic carbocycles. The first-order valence-electron chi connectivity index (χ1n) is 7.59. The highest BCUT2D eigenvalue weighted by Gasteiger charge is 2.22. The largest absolute Gasteiger partial charge is 0.371 e. The van der Waals surface area contributed by atoms with Crippen LogP contribution in [-0.4, -0.2) is 44.2 Å². The monoisotopic (exact) mass is 295 g/mol. The average Bonchev–Trinajstić information content (AvgIpc) is 2.49. The maximum absolute atomic E-state index is 6.35. The number of anilines is 1. The molecule has 1 fully saturated rings. The fourth-order valence-electron chi connectivity index (χ4n) is 2.95. The zero-order valence-corrected chi connectivity index (χ0v) is 13.4. The topological polar surface area (TPSA) is 32.5 Å². The Morgan fingerprint density at radius 1 is 1.35 bits per heavy atom. The Labute approximate surface area is 127 Å². The molecule has 0 atom stereocenters. The third-order valence-corrected chi connectivity index (χ3v) is 4.76. The van der Waals surface area contributed by atoms with Crippen LogP contribution < -0.4 is 10.6 Å². The summed E-state index contributed by atoms with van der Waals surface area (Å²) in [4.78, 5) is 4.90. The van der Waals surface area contributed by atoms with Crippen LogP contribution >= 0.6 is 11.6 Å². The van der Waals surface area contributed by atoms with Crippen LogP contribution in [0.4, 0.5) is 5.69 Å². The van der Waals surface area contributed by atoms with Gasteiger partial charge in [-0.25, -0.2) is 0 Å². The van der Waals surface area contributed by atoms with Crippen LogP contribution in [0.2, 0.25) is 5.02 Å². The van der Waals surface area contributed by atoms with Crippen molar-refractivity contribution >= 4 is 17.3 Å². The first-order valence-corrected chi connectivity index (χ1v) is 7.97. The Morgan fingerprint density at radius 2 is 2.05 bits per heavy atom. The molecule has 112 valence electrons. The standard InChI is InChI=1S/C16H26ClN3/c1-3-20-10-7-14(8-11-20)19(2)15-5-4-13(6-9-18)16(17)12-15/h4-5,12,14H,3,6-11,18H2,1-2H3. The van der Waals surface area contributed by atoms with E-state index in [-0.39, 0.29) is 0 Å². The van der Waals surface area contributed by atoms with Crippen molar-refractivity contribution < 1.29 is 0 Å². The summed E-state index contributed by atoms with van der Waals surface area (Å²) < 4.78 is 0. The van der Waals surface area contributed by atoms with Crippen LogP contribution in [0.15, 0.2) is 18.2 Å². The van der Waals surface area contributed by atoms with E-state index < -0.39 is 0 Å². The highest BCUT2D eigenvalue weighted by molar-refractivity contribution is 6.31. The number of halogens is 1. The predicted octanol–water partition coefficient (Wildman–Crippen LogP) is 2.76. The molecular weight excluding hydrogens is 270 g/mol. The maximum Gasteiger partial charge on any atom is 0.0459 e. The molecule has 1 saturated heterocycles. The Bertz CT molecular complexity index is 428. The highest BCUT2D eigenvalue weighted by atomic mass is 35.5. The Morgan fingerprint density at radius 3 is 2.60 bits per heavy atom. The van der Waals surface area contributed by atoms with E-state index in [1.165, 1.54) is 31.6 Å². The second-order valence-electron chi connectivity index (χ2n) is 5.59. The summed E-state index contributed by atoms with van der Waals surface area (Å²) in [5, 5.41) is 0.839. The highest BCUT2D eigenvalue weighted by Crippen LogP contribution is 2.27. The van der Waals surface area contributed by atoms with Crippen molar-refractivity contribution in [2.45, 2.75) is 32.2 Å². The summed E-state index contributed by atoms with van der Waals surface area (Å²) in [6.45, 7) is 6.44. The average molecular weight is 296 g/mol. The fourth-order valence-corrected chi connectivity index (χ4v) is 3.22. The van der Waals surface area contributed by atoms with E-state index in [9.17, 15) is 0 Å². The SMILES string of the molecule is CCN1CCC(N(C)c2ccc(CCN)c(Cl)c2)CC1. The summed E-state index contributed by atoms with van der Waals surface area (Å²) in [7, 11) is 2.18. The summed E-state index contributed by atoms with van der Waals surface area (Å²) in [6.07, 6.45) is 3.30. The molecule has 0 bridgehead atoms. The molecule has 0 radical (unpaired) electrons. The van der Waals surface area contributed by atoms with Crippen LogP contribution in [0.25, 0.3) is 0 Å².